The Labute approximate surface area is 69.0 Å². The first-order valence-electron chi connectivity index (χ1n) is 3.18. The van der Waals surface area contributed by atoms with Crippen molar-refractivity contribution in [3.8, 4) is 18.1 Å². The average Bonchev–Trinajstić information content (AvgIpc) is 2.03. The van der Waals surface area contributed by atoms with Gasteiger partial charge in [0.05, 0.1) is 7.11 Å². The molecule has 1 nitrogen and oxygen atoms in total. The first-order valence-corrected chi connectivity index (χ1v) is 3.18. The highest BCUT2D eigenvalue weighted by Crippen LogP contribution is 2.22. The van der Waals surface area contributed by atoms with Crippen LogP contribution in [-0.4, -0.2) is 7.11 Å². The summed E-state index contributed by atoms with van der Waals surface area (Å²) in [5, 5.41) is 0. The van der Waals surface area contributed by atoms with Crippen molar-refractivity contribution in [3.63, 3.8) is 0 Å². The molecule has 0 heterocycles. The van der Waals surface area contributed by atoms with Crippen LogP contribution in [-0.2, 0) is 0 Å². The highest BCUT2D eigenvalue weighted by molar-refractivity contribution is 5.39. The van der Waals surface area contributed by atoms with Crippen LogP contribution < -0.4 is 4.74 Å². The molecule has 0 aromatic heterocycles. The first-order chi connectivity index (χ1) is 5.69. The van der Waals surface area contributed by atoms with Crippen LogP contribution in [0.2, 0.25) is 0 Å². The molecule has 0 spiro atoms. The number of methoxy groups -OCH3 is 1. The van der Waals surface area contributed by atoms with Crippen molar-refractivity contribution in [2.75, 3.05) is 7.11 Å². The van der Waals surface area contributed by atoms with Crippen molar-refractivity contribution in [3.05, 3.63) is 29.3 Å². The summed E-state index contributed by atoms with van der Waals surface area (Å²) in [7, 11) is 1.19. The van der Waals surface area contributed by atoms with E-state index in [1.165, 1.54) is 7.11 Å². The number of benzene rings is 1. The van der Waals surface area contributed by atoms with E-state index in [1.807, 2.05) is 0 Å². The van der Waals surface area contributed by atoms with Gasteiger partial charge in [0.25, 0.3) is 0 Å². The molecule has 0 atom stereocenters. The largest absolute Gasteiger partial charge is 0.491 e. The average molecular weight is 168 g/mol. The summed E-state index contributed by atoms with van der Waals surface area (Å²) >= 11 is 0. The molecular weight excluding hydrogens is 162 g/mol. The maximum absolute atomic E-state index is 12.8. The highest BCUT2D eigenvalue weighted by Gasteiger charge is 2.09. The van der Waals surface area contributed by atoms with Crippen LogP contribution in [0.5, 0.6) is 5.75 Å². The molecule has 0 unspecified atom stereocenters. The van der Waals surface area contributed by atoms with E-state index < -0.39 is 17.4 Å². The van der Waals surface area contributed by atoms with Crippen LogP contribution in [0, 0.1) is 24.0 Å². The maximum Gasteiger partial charge on any atom is 0.190 e. The summed E-state index contributed by atoms with van der Waals surface area (Å²) in [5.41, 5.74) is 0.158. The minimum absolute atomic E-state index is 0.158. The second kappa shape index (κ2) is 3.22. The SMILES string of the molecule is C#Cc1cc(F)c(OC)c(F)c1. The van der Waals surface area contributed by atoms with Gasteiger partial charge in [0, 0.05) is 5.56 Å². The van der Waals surface area contributed by atoms with Crippen molar-refractivity contribution >= 4 is 0 Å². The number of ether oxygens (including phenoxy) is 1. The summed E-state index contributed by atoms with van der Waals surface area (Å²) in [6.45, 7) is 0. The van der Waals surface area contributed by atoms with Gasteiger partial charge in [0.15, 0.2) is 17.4 Å². The lowest BCUT2D eigenvalue weighted by Gasteiger charge is -2.02. The number of hydrogen-bond acceptors (Lipinski definition) is 1. The van der Waals surface area contributed by atoms with Gasteiger partial charge in [-0.2, -0.15) is 0 Å². The molecule has 0 N–H and O–H groups in total. The molecule has 12 heavy (non-hydrogen) atoms. The summed E-state index contributed by atoms with van der Waals surface area (Å²) in [6, 6.07) is 2.09. The van der Waals surface area contributed by atoms with Gasteiger partial charge in [-0.15, -0.1) is 6.42 Å². The molecule has 1 aromatic carbocycles. The van der Waals surface area contributed by atoms with Gasteiger partial charge in [0.2, 0.25) is 0 Å². The Kier molecular flexibility index (Phi) is 2.29. The van der Waals surface area contributed by atoms with Crippen LogP contribution in [0.25, 0.3) is 0 Å². The van der Waals surface area contributed by atoms with Crippen molar-refractivity contribution in [1.82, 2.24) is 0 Å². The summed E-state index contributed by atoms with van der Waals surface area (Å²) in [5.74, 6) is 0.143. The normalized spacial score (nSPS) is 9.17. The third-order valence-corrected chi connectivity index (χ3v) is 1.37. The minimum atomic E-state index is -0.787. The third-order valence-electron chi connectivity index (χ3n) is 1.37. The molecule has 3 heteroatoms. The van der Waals surface area contributed by atoms with Crippen LogP contribution >= 0.6 is 0 Å². The van der Waals surface area contributed by atoms with Crippen molar-refractivity contribution in [1.29, 1.82) is 0 Å². The molecule has 0 aliphatic heterocycles. The van der Waals surface area contributed by atoms with Crippen LogP contribution in [0.1, 0.15) is 5.56 Å². The molecule has 0 amide bonds. The fourth-order valence-corrected chi connectivity index (χ4v) is 0.838. The second-order valence-electron chi connectivity index (χ2n) is 2.12. The predicted octanol–water partition coefficient (Wildman–Crippen LogP) is 1.95. The fraction of sp³-hybridized carbons (Fsp3) is 0.111. The standard InChI is InChI=1S/C9H6F2O/c1-3-6-4-7(10)9(12-2)8(11)5-6/h1,4-5H,2H3. The van der Waals surface area contributed by atoms with Crippen molar-refractivity contribution in [2.45, 2.75) is 0 Å². The monoisotopic (exact) mass is 168 g/mol. The number of terminal acetylenes is 1. The molecule has 1 aromatic rings. The van der Waals surface area contributed by atoms with Gasteiger partial charge in [-0.3, -0.25) is 0 Å². The third kappa shape index (κ3) is 1.37. The van der Waals surface area contributed by atoms with E-state index in [9.17, 15) is 8.78 Å². The van der Waals surface area contributed by atoms with Crippen LogP contribution in [0.3, 0.4) is 0 Å². The van der Waals surface area contributed by atoms with E-state index in [0.29, 0.717) is 0 Å². The predicted molar refractivity (Wildman–Crippen MR) is 40.8 cm³/mol. The fourth-order valence-electron chi connectivity index (χ4n) is 0.838. The quantitative estimate of drug-likeness (QED) is 0.582. The zero-order valence-electron chi connectivity index (χ0n) is 6.40. The first kappa shape index (κ1) is 8.54. The molecule has 0 aliphatic rings. The zero-order valence-corrected chi connectivity index (χ0v) is 6.40. The zero-order chi connectivity index (χ0) is 9.14. The summed E-state index contributed by atoms with van der Waals surface area (Å²) in [6.07, 6.45) is 4.95. The molecule has 0 fully saturated rings. The second-order valence-corrected chi connectivity index (χ2v) is 2.12. The summed E-state index contributed by atoms with van der Waals surface area (Å²) in [4.78, 5) is 0. The van der Waals surface area contributed by atoms with Crippen LogP contribution in [0.4, 0.5) is 8.78 Å². The number of hydrogen-bond donors (Lipinski definition) is 0. The molecule has 0 radical (unpaired) electrons. The molecule has 0 saturated heterocycles. The Morgan fingerprint density at radius 3 is 2.17 bits per heavy atom. The molecule has 62 valence electrons. The molecule has 0 saturated carbocycles. The van der Waals surface area contributed by atoms with Gasteiger partial charge in [-0.25, -0.2) is 8.78 Å². The molecule has 0 aliphatic carbocycles. The molecule has 1 rings (SSSR count). The molecular formula is C9H6F2O. The lowest BCUT2D eigenvalue weighted by molar-refractivity contribution is 0.359. The van der Waals surface area contributed by atoms with Gasteiger partial charge in [0.1, 0.15) is 0 Å². The Balaban J connectivity index is 3.30. The Morgan fingerprint density at radius 1 is 1.33 bits per heavy atom. The lowest BCUT2D eigenvalue weighted by atomic mass is 10.2. The Hall–Kier alpha value is -1.56. The highest BCUT2D eigenvalue weighted by atomic mass is 19.1. The lowest BCUT2D eigenvalue weighted by Crippen LogP contribution is -1.93. The number of rotatable bonds is 1. The van der Waals surface area contributed by atoms with Gasteiger partial charge in [-0.05, 0) is 12.1 Å². The van der Waals surface area contributed by atoms with E-state index >= 15 is 0 Å². The smallest absolute Gasteiger partial charge is 0.190 e. The molecule has 0 bridgehead atoms. The van der Waals surface area contributed by atoms with Crippen molar-refractivity contribution in [2.24, 2.45) is 0 Å². The van der Waals surface area contributed by atoms with E-state index in [-0.39, 0.29) is 5.56 Å². The van der Waals surface area contributed by atoms with E-state index in [2.05, 4.69) is 10.7 Å². The van der Waals surface area contributed by atoms with Crippen LogP contribution in [0.15, 0.2) is 12.1 Å². The van der Waals surface area contributed by atoms with Gasteiger partial charge >= 0.3 is 0 Å². The van der Waals surface area contributed by atoms with Gasteiger partial charge in [-0.1, -0.05) is 5.92 Å². The van der Waals surface area contributed by atoms with Gasteiger partial charge < -0.3 is 4.74 Å². The Bertz CT molecular complexity index is 316. The van der Waals surface area contributed by atoms with E-state index in [1.54, 1.807) is 0 Å². The number of halogens is 2. The summed E-state index contributed by atoms with van der Waals surface area (Å²) < 4.78 is 30.1. The topological polar surface area (TPSA) is 9.23 Å². The van der Waals surface area contributed by atoms with Crippen molar-refractivity contribution < 1.29 is 13.5 Å². The maximum atomic E-state index is 12.8. The minimum Gasteiger partial charge on any atom is -0.491 e. The van der Waals surface area contributed by atoms with E-state index in [4.69, 9.17) is 6.42 Å². The van der Waals surface area contributed by atoms with E-state index in [0.717, 1.165) is 12.1 Å². The Morgan fingerprint density at radius 2 is 1.83 bits per heavy atom.